The molecule has 0 spiro atoms. The minimum Gasteiger partial charge on any atom is -0.354 e. The van der Waals surface area contributed by atoms with Crippen LogP contribution in [0, 0.1) is 11.7 Å². The van der Waals surface area contributed by atoms with Crippen LogP contribution in [0.15, 0.2) is 84.9 Å². The lowest BCUT2D eigenvalue weighted by molar-refractivity contribution is -0.141. The maximum absolute atomic E-state index is 13.9. The van der Waals surface area contributed by atoms with E-state index in [9.17, 15) is 22.4 Å². The van der Waals surface area contributed by atoms with Crippen LogP contribution in [0.1, 0.15) is 30.5 Å². The van der Waals surface area contributed by atoms with Crippen LogP contribution >= 0.6 is 0 Å². The van der Waals surface area contributed by atoms with Gasteiger partial charge in [0.25, 0.3) is 0 Å². The van der Waals surface area contributed by atoms with E-state index in [-0.39, 0.29) is 31.3 Å². The molecule has 0 bridgehead atoms. The highest BCUT2D eigenvalue weighted by Crippen LogP contribution is 2.17. The topological polar surface area (TPSA) is 86.8 Å². The standard InChI is InChI=1S/C30H36FN3O4S/c1-23(2)19-32-30(36)28(18-24-10-6-4-7-11-24)34(21-26-14-16-27(31)17-15-26)29(35)22-33(39(3,37)38)20-25-12-8-5-9-13-25/h4-17,23,28H,18-22H2,1-3H3,(H,32,36)/t28-/m1/s1. The average molecular weight is 554 g/mol. The summed E-state index contributed by atoms with van der Waals surface area (Å²) in [7, 11) is -3.76. The van der Waals surface area contributed by atoms with Gasteiger partial charge in [-0.3, -0.25) is 9.59 Å². The molecule has 9 heteroatoms. The number of nitrogens with one attached hydrogen (secondary N) is 1. The summed E-state index contributed by atoms with van der Waals surface area (Å²) in [6.07, 6.45) is 1.29. The van der Waals surface area contributed by atoms with E-state index >= 15 is 0 Å². The zero-order valence-corrected chi connectivity index (χ0v) is 23.4. The minimum atomic E-state index is -3.76. The minimum absolute atomic E-state index is 0.00858. The Bertz CT molecular complexity index is 1320. The van der Waals surface area contributed by atoms with Gasteiger partial charge in [0.2, 0.25) is 21.8 Å². The van der Waals surface area contributed by atoms with Gasteiger partial charge in [-0.2, -0.15) is 4.31 Å². The molecule has 0 radical (unpaired) electrons. The molecular weight excluding hydrogens is 517 g/mol. The second-order valence-corrected chi connectivity index (χ2v) is 12.0. The average Bonchev–Trinajstić information content (AvgIpc) is 2.90. The molecule has 208 valence electrons. The number of sulfonamides is 1. The lowest BCUT2D eigenvalue weighted by Crippen LogP contribution is -2.53. The highest BCUT2D eigenvalue weighted by molar-refractivity contribution is 7.88. The Morgan fingerprint density at radius 2 is 1.36 bits per heavy atom. The normalized spacial score (nSPS) is 12.4. The Labute approximate surface area is 230 Å². The van der Waals surface area contributed by atoms with Gasteiger partial charge in [0.15, 0.2) is 0 Å². The monoisotopic (exact) mass is 553 g/mol. The Kier molecular flexibility index (Phi) is 10.8. The van der Waals surface area contributed by atoms with Gasteiger partial charge in [-0.1, -0.05) is 86.6 Å². The molecule has 0 saturated heterocycles. The molecule has 0 aromatic heterocycles. The highest BCUT2D eigenvalue weighted by Gasteiger charge is 2.33. The number of hydrogen-bond donors (Lipinski definition) is 1. The van der Waals surface area contributed by atoms with E-state index in [4.69, 9.17) is 0 Å². The van der Waals surface area contributed by atoms with Gasteiger partial charge in [-0.25, -0.2) is 12.8 Å². The largest absolute Gasteiger partial charge is 0.354 e. The van der Waals surface area contributed by atoms with Crippen molar-refractivity contribution in [3.8, 4) is 0 Å². The van der Waals surface area contributed by atoms with Crippen LogP contribution in [0.3, 0.4) is 0 Å². The molecule has 0 unspecified atom stereocenters. The number of carbonyl (C=O) groups is 2. The Morgan fingerprint density at radius 3 is 1.90 bits per heavy atom. The Balaban J connectivity index is 1.98. The summed E-state index contributed by atoms with van der Waals surface area (Å²) in [5, 5.41) is 2.93. The van der Waals surface area contributed by atoms with Crippen LogP contribution in [0.5, 0.6) is 0 Å². The molecule has 1 N–H and O–H groups in total. The molecule has 7 nitrogen and oxygen atoms in total. The number of hydrogen-bond acceptors (Lipinski definition) is 4. The molecule has 3 aromatic rings. The summed E-state index contributed by atoms with van der Waals surface area (Å²) in [6, 6.07) is 23.1. The van der Waals surface area contributed by atoms with E-state index in [1.54, 1.807) is 36.4 Å². The first kappa shape index (κ1) is 30.0. The van der Waals surface area contributed by atoms with Crippen molar-refractivity contribution in [2.75, 3.05) is 19.3 Å². The fourth-order valence-electron chi connectivity index (χ4n) is 4.08. The SMILES string of the molecule is CC(C)CNC(=O)[C@@H](Cc1ccccc1)N(Cc1ccc(F)cc1)C(=O)CN(Cc1ccccc1)S(C)(=O)=O. The third-order valence-electron chi connectivity index (χ3n) is 6.20. The zero-order chi connectivity index (χ0) is 28.4. The number of benzene rings is 3. The second kappa shape index (κ2) is 14.0. The molecule has 2 amide bonds. The van der Waals surface area contributed by atoms with Gasteiger partial charge in [-0.15, -0.1) is 0 Å². The summed E-state index contributed by atoms with van der Waals surface area (Å²) < 4.78 is 40.1. The molecule has 0 aliphatic rings. The van der Waals surface area contributed by atoms with Crippen molar-refractivity contribution in [1.29, 1.82) is 0 Å². The molecule has 3 rings (SSSR count). The third-order valence-corrected chi connectivity index (χ3v) is 7.40. The quantitative estimate of drug-likeness (QED) is 0.347. The van der Waals surface area contributed by atoms with Crippen LogP contribution in [-0.2, 0) is 39.1 Å². The van der Waals surface area contributed by atoms with Crippen LogP contribution < -0.4 is 5.32 Å². The van der Waals surface area contributed by atoms with Crippen molar-refractivity contribution >= 4 is 21.8 Å². The van der Waals surface area contributed by atoms with E-state index < -0.39 is 34.3 Å². The van der Waals surface area contributed by atoms with Crippen molar-refractivity contribution in [2.45, 2.75) is 39.4 Å². The first-order valence-electron chi connectivity index (χ1n) is 12.9. The lowest BCUT2D eigenvalue weighted by Gasteiger charge is -2.33. The maximum Gasteiger partial charge on any atom is 0.243 e. The third kappa shape index (κ3) is 9.60. The molecule has 0 heterocycles. The smallest absolute Gasteiger partial charge is 0.243 e. The predicted molar refractivity (Wildman–Crippen MR) is 150 cm³/mol. The van der Waals surface area contributed by atoms with E-state index in [1.807, 2.05) is 50.2 Å². The second-order valence-electron chi connectivity index (χ2n) is 10.0. The number of halogens is 1. The van der Waals surface area contributed by atoms with E-state index in [0.717, 1.165) is 21.7 Å². The van der Waals surface area contributed by atoms with Gasteiger partial charge in [0.1, 0.15) is 11.9 Å². The Morgan fingerprint density at radius 1 is 0.821 bits per heavy atom. The summed E-state index contributed by atoms with van der Waals surface area (Å²) in [5.74, 6) is -1.09. The first-order chi connectivity index (χ1) is 18.5. The van der Waals surface area contributed by atoms with Crippen molar-refractivity contribution in [2.24, 2.45) is 5.92 Å². The van der Waals surface area contributed by atoms with Crippen molar-refractivity contribution in [3.63, 3.8) is 0 Å². The van der Waals surface area contributed by atoms with Crippen molar-refractivity contribution in [1.82, 2.24) is 14.5 Å². The van der Waals surface area contributed by atoms with Gasteiger partial charge < -0.3 is 10.2 Å². The van der Waals surface area contributed by atoms with Gasteiger partial charge in [0, 0.05) is 26.1 Å². The summed E-state index contributed by atoms with van der Waals surface area (Å²) in [5.41, 5.74) is 2.20. The lowest BCUT2D eigenvalue weighted by atomic mass is 10.0. The fourth-order valence-corrected chi connectivity index (χ4v) is 4.81. The molecule has 0 aliphatic carbocycles. The van der Waals surface area contributed by atoms with Crippen LogP contribution in [0.2, 0.25) is 0 Å². The van der Waals surface area contributed by atoms with Gasteiger partial charge in [-0.05, 0) is 34.7 Å². The number of amides is 2. The maximum atomic E-state index is 13.9. The Hall–Kier alpha value is -3.56. The van der Waals surface area contributed by atoms with Gasteiger partial charge in [0.05, 0.1) is 12.8 Å². The predicted octanol–water partition coefficient (Wildman–Crippen LogP) is 4.00. The van der Waals surface area contributed by atoms with Crippen molar-refractivity contribution < 1.29 is 22.4 Å². The fraction of sp³-hybridized carbons (Fsp3) is 0.333. The van der Waals surface area contributed by atoms with Gasteiger partial charge >= 0.3 is 0 Å². The highest BCUT2D eigenvalue weighted by atomic mass is 32.2. The molecule has 0 saturated carbocycles. The zero-order valence-electron chi connectivity index (χ0n) is 22.6. The number of nitrogens with zero attached hydrogens (tertiary/aromatic N) is 2. The van der Waals surface area contributed by atoms with Crippen LogP contribution in [-0.4, -0.2) is 54.8 Å². The summed E-state index contributed by atoms with van der Waals surface area (Å²) in [4.78, 5) is 28.8. The number of carbonyl (C=O) groups excluding carboxylic acids is 2. The summed E-state index contributed by atoms with van der Waals surface area (Å²) >= 11 is 0. The first-order valence-corrected chi connectivity index (χ1v) is 14.7. The molecule has 3 aromatic carbocycles. The molecule has 1 atom stereocenters. The number of rotatable bonds is 13. The molecule has 0 fully saturated rings. The molecule has 0 aliphatic heterocycles. The van der Waals surface area contributed by atoms with Crippen LogP contribution in [0.25, 0.3) is 0 Å². The van der Waals surface area contributed by atoms with E-state index in [2.05, 4.69) is 5.32 Å². The van der Waals surface area contributed by atoms with Crippen molar-refractivity contribution in [3.05, 3.63) is 107 Å². The molecular formula is C30H36FN3O4S. The molecule has 39 heavy (non-hydrogen) atoms. The van der Waals surface area contributed by atoms with E-state index in [1.165, 1.54) is 17.0 Å². The summed E-state index contributed by atoms with van der Waals surface area (Å²) in [6.45, 7) is 3.94. The van der Waals surface area contributed by atoms with E-state index in [0.29, 0.717) is 12.1 Å². The van der Waals surface area contributed by atoms with Crippen LogP contribution in [0.4, 0.5) is 4.39 Å².